The standard InChI is InChI=1S/C17H20N6O2/c1-10(2)15-20-16(22-21-15)14-9-23(6-7-25-14)17(24)13-5-4-12(8-18)11(3)19-13/h4-5,10,14H,6-7,9H2,1-3H3,(H,20,21,22). The Morgan fingerprint density at radius 3 is 2.88 bits per heavy atom. The highest BCUT2D eigenvalue weighted by Crippen LogP contribution is 2.22. The fourth-order valence-corrected chi connectivity index (χ4v) is 2.65. The van der Waals surface area contributed by atoms with Crippen LogP contribution in [0.5, 0.6) is 0 Å². The lowest BCUT2D eigenvalue weighted by atomic mass is 10.2. The Kier molecular flexibility index (Phi) is 4.76. The normalized spacial score (nSPS) is 17.6. The second-order valence-electron chi connectivity index (χ2n) is 6.29. The number of morpholine rings is 1. The van der Waals surface area contributed by atoms with Gasteiger partial charge in [0.1, 0.15) is 17.9 Å². The molecule has 0 spiro atoms. The first-order valence-electron chi connectivity index (χ1n) is 8.20. The zero-order valence-corrected chi connectivity index (χ0v) is 14.5. The fourth-order valence-electron chi connectivity index (χ4n) is 2.65. The maximum Gasteiger partial charge on any atom is 0.272 e. The predicted molar refractivity (Wildman–Crippen MR) is 88.8 cm³/mol. The molecule has 3 rings (SSSR count). The number of carbonyl (C=O) groups excluding carboxylic acids is 1. The van der Waals surface area contributed by atoms with Gasteiger partial charge in [-0.2, -0.15) is 10.4 Å². The van der Waals surface area contributed by atoms with Gasteiger partial charge in [0.2, 0.25) is 0 Å². The van der Waals surface area contributed by atoms with Crippen molar-refractivity contribution in [1.29, 1.82) is 5.26 Å². The van der Waals surface area contributed by atoms with E-state index in [0.29, 0.717) is 42.5 Å². The molecule has 8 nitrogen and oxygen atoms in total. The van der Waals surface area contributed by atoms with E-state index < -0.39 is 0 Å². The Hall–Kier alpha value is -2.79. The maximum atomic E-state index is 12.7. The predicted octanol–water partition coefficient (Wildman–Crippen LogP) is 1.72. The minimum Gasteiger partial charge on any atom is -0.367 e. The number of amides is 1. The first-order valence-corrected chi connectivity index (χ1v) is 8.20. The van der Waals surface area contributed by atoms with E-state index in [1.165, 1.54) is 0 Å². The third-order valence-corrected chi connectivity index (χ3v) is 4.12. The second-order valence-corrected chi connectivity index (χ2v) is 6.29. The molecule has 1 N–H and O–H groups in total. The molecule has 130 valence electrons. The van der Waals surface area contributed by atoms with Gasteiger partial charge in [0.05, 0.1) is 24.4 Å². The van der Waals surface area contributed by atoms with Crippen molar-refractivity contribution in [2.45, 2.75) is 32.8 Å². The molecule has 2 aromatic heterocycles. The molecule has 1 unspecified atom stereocenters. The Balaban J connectivity index is 1.75. The number of carbonyl (C=O) groups is 1. The molecule has 2 aromatic rings. The highest BCUT2D eigenvalue weighted by Gasteiger charge is 2.29. The highest BCUT2D eigenvalue weighted by atomic mass is 16.5. The number of nitrogens with zero attached hydrogens (tertiary/aromatic N) is 5. The summed E-state index contributed by atoms with van der Waals surface area (Å²) in [7, 11) is 0. The molecule has 1 aliphatic heterocycles. The number of nitriles is 1. The summed E-state index contributed by atoms with van der Waals surface area (Å²) in [5.41, 5.74) is 1.35. The molecule has 1 saturated heterocycles. The summed E-state index contributed by atoms with van der Waals surface area (Å²) in [6, 6.07) is 5.26. The highest BCUT2D eigenvalue weighted by molar-refractivity contribution is 5.92. The monoisotopic (exact) mass is 340 g/mol. The number of H-pyrrole nitrogens is 1. The quantitative estimate of drug-likeness (QED) is 0.911. The van der Waals surface area contributed by atoms with Crippen LogP contribution >= 0.6 is 0 Å². The molecular weight excluding hydrogens is 320 g/mol. The maximum absolute atomic E-state index is 12.7. The number of aryl methyl sites for hydroxylation is 1. The lowest BCUT2D eigenvalue weighted by Crippen LogP contribution is -2.42. The van der Waals surface area contributed by atoms with Crippen molar-refractivity contribution in [3.05, 3.63) is 40.7 Å². The van der Waals surface area contributed by atoms with Crippen LogP contribution in [0.3, 0.4) is 0 Å². The summed E-state index contributed by atoms with van der Waals surface area (Å²) in [6.07, 6.45) is -0.336. The Bertz CT molecular complexity index is 823. The second kappa shape index (κ2) is 6.99. The Morgan fingerprint density at radius 1 is 1.44 bits per heavy atom. The van der Waals surface area contributed by atoms with Crippen LogP contribution in [0.25, 0.3) is 0 Å². The average molecular weight is 340 g/mol. The summed E-state index contributed by atoms with van der Waals surface area (Å²) in [5, 5.41) is 16.1. The smallest absolute Gasteiger partial charge is 0.272 e. The first kappa shape index (κ1) is 17.0. The molecule has 0 radical (unpaired) electrons. The number of hydrogen-bond donors (Lipinski definition) is 1. The van der Waals surface area contributed by atoms with E-state index in [1.807, 2.05) is 13.8 Å². The molecule has 25 heavy (non-hydrogen) atoms. The number of aromatic nitrogens is 4. The summed E-state index contributed by atoms with van der Waals surface area (Å²) in [6.45, 7) is 7.04. The minimum absolute atomic E-state index is 0.176. The lowest BCUT2D eigenvalue weighted by molar-refractivity contribution is -0.0268. The van der Waals surface area contributed by atoms with Gasteiger partial charge in [0, 0.05) is 12.5 Å². The number of ether oxygens (including phenoxy) is 1. The molecule has 1 fully saturated rings. The largest absolute Gasteiger partial charge is 0.367 e. The van der Waals surface area contributed by atoms with Crippen LogP contribution in [0.2, 0.25) is 0 Å². The van der Waals surface area contributed by atoms with E-state index >= 15 is 0 Å². The van der Waals surface area contributed by atoms with Gasteiger partial charge in [0.25, 0.3) is 5.91 Å². The molecule has 1 amide bonds. The van der Waals surface area contributed by atoms with E-state index in [4.69, 9.17) is 10.00 Å². The molecule has 0 saturated carbocycles. The van der Waals surface area contributed by atoms with Crippen molar-refractivity contribution in [3.63, 3.8) is 0 Å². The summed E-state index contributed by atoms with van der Waals surface area (Å²) < 4.78 is 5.74. The third-order valence-electron chi connectivity index (χ3n) is 4.12. The van der Waals surface area contributed by atoms with Gasteiger partial charge in [0.15, 0.2) is 11.6 Å². The van der Waals surface area contributed by atoms with Crippen molar-refractivity contribution in [3.8, 4) is 6.07 Å². The van der Waals surface area contributed by atoms with Crippen LogP contribution in [0.15, 0.2) is 12.1 Å². The van der Waals surface area contributed by atoms with Crippen molar-refractivity contribution in [2.24, 2.45) is 0 Å². The fraction of sp³-hybridized carbons (Fsp3) is 0.471. The summed E-state index contributed by atoms with van der Waals surface area (Å²) in [4.78, 5) is 23.1. The summed E-state index contributed by atoms with van der Waals surface area (Å²) >= 11 is 0. The third kappa shape index (κ3) is 3.51. The molecule has 1 atom stereocenters. The molecule has 0 bridgehead atoms. The molecule has 8 heteroatoms. The van der Waals surface area contributed by atoms with E-state index in [-0.39, 0.29) is 17.9 Å². The molecule has 0 aliphatic carbocycles. The Morgan fingerprint density at radius 2 is 2.24 bits per heavy atom. The Labute approximate surface area is 145 Å². The molecule has 1 aliphatic rings. The number of nitrogens with one attached hydrogen (secondary N) is 1. The van der Waals surface area contributed by atoms with Crippen molar-refractivity contribution in [1.82, 2.24) is 25.1 Å². The van der Waals surface area contributed by atoms with Gasteiger partial charge in [-0.15, -0.1) is 0 Å². The summed E-state index contributed by atoms with van der Waals surface area (Å²) in [5.74, 6) is 1.40. The zero-order valence-electron chi connectivity index (χ0n) is 14.5. The van der Waals surface area contributed by atoms with Crippen LogP contribution in [-0.4, -0.2) is 50.7 Å². The van der Waals surface area contributed by atoms with Crippen LogP contribution in [0.4, 0.5) is 0 Å². The van der Waals surface area contributed by atoms with Crippen LogP contribution in [0, 0.1) is 18.3 Å². The molecule has 3 heterocycles. The van der Waals surface area contributed by atoms with Crippen molar-refractivity contribution >= 4 is 5.91 Å². The van der Waals surface area contributed by atoms with Gasteiger partial charge in [-0.05, 0) is 19.1 Å². The lowest BCUT2D eigenvalue weighted by Gasteiger charge is -2.31. The SMILES string of the molecule is Cc1nc(C(=O)N2CCOC(c3nc(C(C)C)n[nH]3)C2)ccc1C#N. The number of rotatable bonds is 3. The van der Waals surface area contributed by atoms with Gasteiger partial charge >= 0.3 is 0 Å². The minimum atomic E-state index is -0.336. The topological polar surface area (TPSA) is 108 Å². The van der Waals surface area contributed by atoms with Crippen molar-refractivity contribution in [2.75, 3.05) is 19.7 Å². The van der Waals surface area contributed by atoms with Crippen LogP contribution in [0.1, 0.15) is 59.3 Å². The van der Waals surface area contributed by atoms with Gasteiger partial charge < -0.3 is 9.64 Å². The molecule has 0 aromatic carbocycles. The van der Waals surface area contributed by atoms with Crippen LogP contribution in [-0.2, 0) is 4.74 Å². The van der Waals surface area contributed by atoms with Crippen molar-refractivity contribution < 1.29 is 9.53 Å². The first-order chi connectivity index (χ1) is 12.0. The van der Waals surface area contributed by atoms with E-state index in [0.717, 1.165) is 5.82 Å². The number of pyridine rings is 1. The zero-order chi connectivity index (χ0) is 18.0. The number of aromatic amines is 1. The van der Waals surface area contributed by atoms with E-state index in [2.05, 4.69) is 26.2 Å². The molecular formula is C17H20N6O2. The van der Waals surface area contributed by atoms with Gasteiger partial charge in [-0.1, -0.05) is 13.8 Å². The average Bonchev–Trinajstić information content (AvgIpc) is 3.11. The van der Waals surface area contributed by atoms with Gasteiger partial charge in [-0.25, -0.2) is 9.97 Å². The van der Waals surface area contributed by atoms with Gasteiger partial charge in [-0.3, -0.25) is 9.89 Å². The van der Waals surface area contributed by atoms with E-state index in [9.17, 15) is 4.79 Å². The van der Waals surface area contributed by atoms with E-state index in [1.54, 1.807) is 24.0 Å². The van der Waals surface area contributed by atoms with Crippen LogP contribution < -0.4 is 0 Å². The number of hydrogen-bond acceptors (Lipinski definition) is 6.